The molecule has 2 aromatic rings. The number of hydrogen-bond acceptors (Lipinski definition) is 3. The lowest BCUT2D eigenvalue weighted by Gasteiger charge is -1.97. The maximum atomic E-state index is 11.5. The number of carbonyl (C=O) groups excluding carboxylic acids is 1. The number of benzene rings is 1. The molecule has 0 aliphatic heterocycles. The van der Waals surface area contributed by atoms with Crippen LogP contribution in [0, 0.1) is 0 Å². The summed E-state index contributed by atoms with van der Waals surface area (Å²) in [6, 6.07) is 7.33. The Morgan fingerprint density at radius 1 is 1.43 bits per heavy atom. The van der Waals surface area contributed by atoms with Crippen molar-refractivity contribution in [3.63, 3.8) is 0 Å². The number of carbonyl (C=O) groups is 1. The van der Waals surface area contributed by atoms with E-state index >= 15 is 0 Å². The molecule has 0 radical (unpaired) electrons. The standard InChI is InChI=1S/C10H9NO2S/c1-2-9(12)11-7-5-3-4-6-8(7)14-10(11)13/h3-6H,2H2,1H3. The Bertz CT molecular complexity index is 538. The molecule has 0 unspecified atom stereocenters. The Morgan fingerprint density at radius 3 is 2.86 bits per heavy atom. The van der Waals surface area contributed by atoms with Crippen molar-refractivity contribution in [3.8, 4) is 0 Å². The summed E-state index contributed by atoms with van der Waals surface area (Å²) < 4.78 is 2.11. The molecule has 0 aliphatic carbocycles. The minimum atomic E-state index is -0.196. The Balaban J connectivity index is 2.81. The van der Waals surface area contributed by atoms with Crippen LogP contribution in [0.2, 0.25) is 0 Å². The third-order valence-corrected chi connectivity index (χ3v) is 2.96. The van der Waals surface area contributed by atoms with Gasteiger partial charge < -0.3 is 0 Å². The molecular weight excluding hydrogens is 198 g/mol. The van der Waals surface area contributed by atoms with Crippen LogP contribution >= 0.6 is 11.3 Å². The second-order valence-corrected chi connectivity index (χ2v) is 3.91. The molecule has 2 rings (SSSR count). The molecule has 0 spiro atoms. The summed E-state index contributed by atoms with van der Waals surface area (Å²) in [5.74, 6) is -0.146. The molecule has 0 saturated carbocycles. The summed E-state index contributed by atoms with van der Waals surface area (Å²) in [6.45, 7) is 1.75. The molecule has 14 heavy (non-hydrogen) atoms. The predicted molar refractivity (Wildman–Crippen MR) is 57.0 cm³/mol. The van der Waals surface area contributed by atoms with E-state index < -0.39 is 0 Å². The summed E-state index contributed by atoms with van der Waals surface area (Å²) in [5, 5.41) is 0. The number of nitrogens with zero attached hydrogens (tertiary/aromatic N) is 1. The fourth-order valence-corrected chi connectivity index (χ4v) is 2.25. The molecule has 3 nitrogen and oxygen atoms in total. The zero-order valence-corrected chi connectivity index (χ0v) is 8.50. The van der Waals surface area contributed by atoms with Crippen molar-refractivity contribution in [2.45, 2.75) is 13.3 Å². The maximum absolute atomic E-state index is 11.5. The molecule has 0 atom stereocenters. The third-order valence-electron chi connectivity index (χ3n) is 2.04. The highest BCUT2D eigenvalue weighted by molar-refractivity contribution is 7.16. The first-order valence-corrected chi connectivity index (χ1v) is 5.19. The molecule has 0 bridgehead atoms. The number of hydrogen-bond donors (Lipinski definition) is 0. The first-order valence-electron chi connectivity index (χ1n) is 4.38. The lowest BCUT2D eigenvalue weighted by atomic mass is 10.3. The van der Waals surface area contributed by atoms with Crippen LogP contribution in [-0.2, 0) is 0 Å². The topological polar surface area (TPSA) is 39.1 Å². The largest absolute Gasteiger partial charge is 0.314 e. The average Bonchev–Trinajstić information content (AvgIpc) is 2.53. The smallest absolute Gasteiger partial charge is 0.274 e. The number of rotatable bonds is 1. The van der Waals surface area contributed by atoms with E-state index in [0.29, 0.717) is 11.9 Å². The molecule has 72 valence electrons. The van der Waals surface area contributed by atoms with Gasteiger partial charge in [0.1, 0.15) is 0 Å². The van der Waals surface area contributed by atoms with Crippen molar-refractivity contribution >= 4 is 27.5 Å². The molecule has 0 N–H and O–H groups in total. The number of fused-ring (bicyclic) bond motifs is 1. The minimum absolute atomic E-state index is 0.146. The summed E-state index contributed by atoms with van der Waals surface area (Å²) in [4.78, 5) is 22.8. The van der Waals surface area contributed by atoms with Crippen LogP contribution in [-0.4, -0.2) is 10.5 Å². The van der Waals surface area contributed by atoms with Crippen molar-refractivity contribution in [1.29, 1.82) is 0 Å². The summed E-state index contributed by atoms with van der Waals surface area (Å²) in [7, 11) is 0. The second-order valence-electron chi connectivity index (χ2n) is 2.92. The Morgan fingerprint density at radius 2 is 2.14 bits per heavy atom. The van der Waals surface area contributed by atoms with Crippen LogP contribution in [0.25, 0.3) is 10.2 Å². The average molecular weight is 207 g/mol. The van der Waals surface area contributed by atoms with E-state index in [1.165, 1.54) is 4.57 Å². The fraction of sp³-hybridized carbons (Fsp3) is 0.200. The van der Waals surface area contributed by atoms with Crippen molar-refractivity contribution in [2.24, 2.45) is 0 Å². The Kier molecular flexibility index (Phi) is 2.21. The van der Waals surface area contributed by atoms with Crippen LogP contribution < -0.4 is 4.87 Å². The highest BCUT2D eigenvalue weighted by Gasteiger charge is 2.11. The van der Waals surface area contributed by atoms with Crippen molar-refractivity contribution in [1.82, 2.24) is 4.57 Å². The Hall–Kier alpha value is -1.42. The monoisotopic (exact) mass is 207 g/mol. The Labute approximate surface area is 84.6 Å². The maximum Gasteiger partial charge on any atom is 0.314 e. The molecule has 4 heteroatoms. The van der Waals surface area contributed by atoms with Gasteiger partial charge >= 0.3 is 4.87 Å². The van der Waals surface area contributed by atoms with Gasteiger partial charge in [0.2, 0.25) is 5.91 Å². The van der Waals surface area contributed by atoms with Gasteiger partial charge in [0.15, 0.2) is 0 Å². The van der Waals surface area contributed by atoms with Crippen molar-refractivity contribution in [3.05, 3.63) is 33.9 Å². The summed E-state index contributed by atoms with van der Waals surface area (Å²) >= 11 is 1.11. The first-order chi connectivity index (χ1) is 6.74. The third kappa shape index (κ3) is 1.28. The minimum Gasteiger partial charge on any atom is -0.274 e. The van der Waals surface area contributed by atoms with E-state index in [4.69, 9.17) is 0 Å². The molecule has 0 aliphatic rings. The van der Waals surface area contributed by atoms with Crippen molar-refractivity contribution in [2.75, 3.05) is 0 Å². The van der Waals surface area contributed by atoms with E-state index in [1.54, 1.807) is 13.0 Å². The molecule has 1 heterocycles. The number of para-hydroxylation sites is 1. The van der Waals surface area contributed by atoms with Crippen molar-refractivity contribution < 1.29 is 4.79 Å². The quantitative estimate of drug-likeness (QED) is 0.718. The molecule has 0 fully saturated rings. The van der Waals surface area contributed by atoms with E-state index in [2.05, 4.69) is 0 Å². The van der Waals surface area contributed by atoms with Gasteiger partial charge in [0.25, 0.3) is 0 Å². The van der Waals surface area contributed by atoms with Gasteiger partial charge in [-0.05, 0) is 12.1 Å². The zero-order chi connectivity index (χ0) is 10.1. The van der Waals surface area contributed by atoms with Crippen LogP contribution in [0.3, 0.4) is 0 Å². The van der Waals surface area contributed by atoms with Gasteiger partial charge in [-0.15, -0.1) is 0 Å². The van der Waals surface area contributed by atoms with Gasteiger partial charge in [-0.2, -0.15) is 0 Å². The van der Waals surface area contributed by atoms with Crippen LogP contribution in [0.15, 0.2) is 29.1 Å². The van der Waals surface area contributed by atoms with Gasteiger partial charge in [-0.25, -0.2) is 4.57 Å². The summed E-state index contributed by atoms with van der Waals surface area (Å²) in [6.07, 6.45) is 0.348. The molecular formula is C10H9NO2S. The van der Waals surface area contributed by atoms with E-state index in [0.717, 1.165) is 16.0 Å². The normalized spacial score (nSPS) is 10.6. The molecule has 0 saturated heterocycles. The summed E-state index contributed by atoms with van der Waals surface area (Å²) in [5.41, 5.74) is 0.717. The van der Waals surface area contributed by atoms with E-state index in [1.807, 2.05) is 18.2 Å². The van der Waals surface area contributed by atoms with Gasteiger partial charge in [0.05, 0.1) is 10.2 Å². The molecule has 1 aromatic carbocycles. The highest BCUT2D eigenvalue weighted by atomic mass is 32.1. The molecule has 0 amide bonds. The highest BCUT2D eigenvalue weighted by Crippen LogP contribution is 2.16. The van der Waals surface area contributed by atoms with Gasteiger partial charge in [0, 0.05) is 6.42 Å². The molecule has 1 aromatic heterocycles. The lowest BCUT2D eigenvalue weighted by Crippen LogP contribution is -2.20. The van der Waals surface area contributed by atoms with Crippen LogP contribution in [0.1, 0.15) is 18.1 Å². The fourth-order valence-electron chi connectivity index (χ4n) is 1.36. The van der Waals surface area contributed by atoms with Crippen LogP contribution in [0.4, 0.5) is 0 Å². The second kappa shape index (κ2) is 3.38. The lowest BCUT2D eigenvalue weighted by molar-refractivity contribution is 0.0911. The first kappa shape index (κ1) is 9.15. The van der Waals surface area contributed by atoms with Gasteiger partial charge in [-0.1, -0.05) is 30.4 Å². The number of aromatic nitrogens is 1. The number of thiazole rings is 1. The van der Waals surface area contributed by atoms with E-state index in [9.17, 15) is 9.59 Å². The van der Waals surface area contributed by atoms with Crippen LogP contribution in [0.5, 0.6) is 0 Å². The van der Waals surface area contributed by atoms with Gasteiger partial charge in [-0.3, -0.25) is 9.59 Å². The SMILES string of the molecule is CCC(=O)n1c(=O)sc2ccccc21. The zero-order valence-electron chi connectivity index (χ0n) is 7.69. The predicted octanol–water partition coefficient (Wildman–Crippen LogP) is 2.11. The van der Waals surface area contributed by atoms with E-state index in [-0.39, 0.29) is 10.8 Å².